The Kier molecular flexibility index (Phi) is 6.14. The minimum Gasteiger partial charge on any atom is -0.337 e. The number of amides is 1. The van der Waals surface area contributed by atoms with E-state index in [4.69, 9.17) is 5.73 Å². The molecule has 4 heteroatoms. The summed E-state index contributed by atoms with van der Waals surface area (Å²) in [5, 5.41) is 0. The second-order valence-corrected chi connectivity index (χ2v) is 8.90. The van der Waals surface area contributed by atoms with Crippen LogP contribution in [0.25, 0.3) is 0 Å². The Morgan fingerprint density at radius 3 is 2.59 bits per heavy atom. The van der Waals surface area contributed by atoms with Crippen molar-refractivity contribution in [1.29, 1.82) is 0 Å². The molecule has 148 valence electrons. The lowest BCUT2D eigenvalue weighted by Crippen LogP contribution is -2.52. The van der Waals surface area contributed by atoms with Gasteiger partial charge in [0.2, 0.25) is 5.91 Å². The minimum atomic E-state index is -0.271. The fourth-order valence-corrected chi connectivity index (χ4v) is 5.55. The van der Waals surface area contributed by atoms with Crippen molar-refractivity contribution in [2.45, 2.75) is 63.5 Å². The first-order chi connectivity index (χ1) is 13.2. The van der Waals surface area contributed by atoms with Crippen LogP contribution < -0.4 is 5.73 Å². The first-order valence-electron chi connectivity index (χ1n) is 11.0. The Morgan fingerprint density at radius 2 is 1.81 bits per heavy atom. The molecule has 4 nitrogen and oxygen atoms in total. The third kappa shape index (κ3) is 4.38. The molecule has 1 aromatic rings. The highest BCUT2D eigenvalue weighted by Gasteiger charge is 2.41. The lowest BCUT2D eigenvalue weighted by molar-refractivity contribution is -0.135. The summed E-state index contributed by atoms with van der Waals surface area (Å²) in [7, 11) is 0. The zero-order valence-corrected chi connectivity index (χ0v) is 16.6. The van der Waals surface area contributed by atoms with Gasteiger partial charge in [0.05, 0.1) is 6.04 Å². The smallest absolute Gasteiger partial charge is 0.240 e. The van der Waals surface area contributed by atoms with Gasteiger partial charge in [-0.25, -0.2) is 0 Å². The van der Waals surface area contributed by atoms with Crippen LogP contribution in [-0.4, -0.2) is 54.0 Å². The fraction of sp³-hybridized carbons (Fsp3) is 0.696. The minimum absolute atomic E-state index is 0.235. The summed E-state index contributed by atoms with van der Waals surface area (Å²) in [4.78, 5) is 17.9. The summed E-state index contributed by atoms with van der Waals surface area (Å²) in [6.45, 7) is 4.20. The van der Waals surface area contributed by atoms with Gasteiger partial charge in [0, 0.05) is 25.7 Å². The number of benzene rings is 1. The molecule has 1 aliphatic carbocycles. The van der Waals surface area contributed by atoms with Crippen LogP contribution in [0.2, 0.25) is 0 Å². The summed E-state index contributed by atoms with van der Waals surface area (Å²) >= 11 is 0. The summed E-state index contributed by atoms with van der Waals surface area (Å²) in [5.74, 6) is 1.32. The van der Waals surface area contributed by atoms with Crippen molar-refractivity contribution in [3.63, 3.8) is 0 Å². The van der Waals surface area contributed by atoms with Crippen LogP contribution in [0, 0.1) is 11.8 Å². The number of carbonyl (C=O) groups excluding carboxylic acids is 1. The quantitative estimate of drug-likeness (QED) is 0.868. The zero-order valence-electron chi connectivity index (χ0n) is 16.6. The molecule has 1 amide bonds. The van der Waals surface area contributed by atoms with Gasteiger partial charge in [0.15, 0.2) is 0 Å². The molecule has 3 aliphatic rings. The van der Waals surface area contributed by atoms with Gasteiger partial charge in [0.25, 0.3) is 0 Å². The van der Waals surface area contributed by atoms with E-state index in [0.29, 0.717) is 17.9 Å². The van der Waals surface area contributed by atoms with E-state index in [1.165, 1.54) is 37.7 Å². The Balaban J connectivity index is 1.38. The van der Waals surface area contributed by atoms with Crippen molar-refractivity contribution in [2.24, 2.45) is 17.6 Å². The van der Waals surface area contributed by atoms with E-state index in [0.717, 1.165) is 45.4 Å². The van der Waals surface area contributed by atoms with E-state index in [1.807, 2.05) is 0 Å². The zero-order chi connectivity index (χ0) is 18.6. The van der Waals surface area contributed by atoms with Crippen LogP contribution in [0.5, 0.6) is 0 Å². The number of carbonyl (C=O) groups is 1. The first kappa shape index (κ1) is 18.9. The molecule has 0 unspecified atom stereocenters. The van der Waals surface area contributed by atoms with E-state index < -0.39 is 0 Å². The second-order valence-electron chi connectivity index (χ2n) is 8.90. The average molecular weight is 370 g/mol. The van der Waals surface area contributed by atoms with Crippen molar-refractivity contribution in [1.82, 2.24) is 9.80 Å². The van der Waals surface area contributed by atoms with Gasteiger partial charge in [-0.1, -0.05) is 43.2 Å². The normalized spacial score (nSPS) is 28.1. The Bertz CT molecular complexity index is 613. The summed E-state index contributed by atoms with van der Waals surface area (Å²) < 4.78 is 0. The predicted molar refractivity (Wildman–Crippen MR) is 109 cm³/mol. The average Bonchev–Trinajstić information content (AvgIpc) is 3.32. The molecule has 2 aliphatic heterocycles. The summed E-state index contributed by atoms with van der Waals surface area (Å²) in [6, 6.07) is 10.9. The Labute approximate surface area is 164 Å². The molecule has 1 aromatic carbocycles. The number of hydrogen-bond acceptors (Lipinski definition) is 3. The largest absolute Gasteiger partial charge is 0.337 e. The molecule has 0 bridgehead atoms. The molecule has 1 saturated carbocycles. The van der Waals surface area contributed by atoms with Crippen LogP contribution >= 0.6 is 0 Å². The maximum absolute atomic E-state index is 13.2. The standard InChI is InChI=1S/C23H35N3O/c24-22(20-9-4-5-10-20)23(27)26-16-13-19-11-6-14-25(17-21(19)26)15-12-18-7-2-1-3-8-18/h1-3,7-8,19-22H,4-6,9-17,24H2/t19-,21-,22+/m1/s1. The number of likely N-dealkylation sites (tertiary alicyclic amines) is 2. The van der Waals surface area contributed by atoms with E-state index >= 15 is 0 Å². The molecule has 4 rings (SSSR count). The number of nitrogens with two attached hydrogens (primary N) is 1. The van der Waals surface area contributed by atoms with E-state index in [2.05, 4.69) is 40.1 Å². The molecule has 3 atom stereocenters. The number of rotatable bonds is 5. The molecular formula is C23H35N3O. The van der Waals surface area contributed by atoms with Gasteiger partial charge in [-0.3, -0.25) is 4.79 Å². The Morgan fingerprint density at radius 1 is 1.04 bits per heavy atom. The molecule has 2 N–H and O–H groups in total. The molecule has 2 heterocycles. The van der Waals surface area contributed by atoms with Gasteiger partial charge in [-0.15, -0.1) is 0 Å². The predicted octanol–water partition coefficient (Wildman–Crippen LogP) is 3.06. The SMILES string of the molecule is N[C@H](C(=O)N1CC[C@H]2CCCN(CCc3ccccc3)C[C@H]21)C1CCCC1. The van der Waals surface area contributed by atoms with Crippen LogP contribution in [0.3, 0.4) is 0 Å². The third-order valence-corrected chi connectivity index (χ3v) is 7.22. The van der Waals surface area contributed by atoms with E-state index in [-0.39, 0.29) is 11.9 Å². The maximum atomic E-state index is 13.2. The maximum Gasteiger partial charge on any atom is 0.240 e. The number of nitrogens with zero attached hydrogens (tertiary/aromatic N) is 2. The summed E-state index contributed by atoms with van der Waals surface area (Å²) in [6.07, 6.45) is 9.53. The van der Waals surface area contributed by atoms with Crippen molar-refractivity contribution >= 4 is 5.91 Å². The van der Waals surface area contributed by atoms with Crippen molar-refractivity contribution < 1.29 is 4.79 Å². The highest BCUT2D eigenvalue weighted by Crippen LogP contribution is 2.34. The molecule has 2 saturated heterocycles. The highest BCUT2D eigenvalue weighted by molar-refractivity contribution is 5.82. The monoisotopic (exact) mass is 369 g/mol. The molecule has 3 fully saturated rings. The molecule has 0 radical (unpaired) electrons. The second kappa shape index (κ2) is 8.74. The highest BCUT2D eigenvalue weighted by atomic mass is 16.2. The van der Waals surface area contributed by atoms with Gasteiger partial charge < -0.3 is 15.5 Å². The van der Waals surface area contributed by atoms with Crippen LogP contribution in [-0.2, 0) is 11.2 Å². The topological polar surface area (TPSA) is 49.6 Å². The van der Waals surface area contributed by atoms with Gasteiger partial charge in [-0.05, 0) is 62.5 Å². The van der Waals surface area contributed by atoms with Crippen molar-refractivity contribution in [2.75, 3.05) is 26.2 Å². The first-order valence-corrected chi connectivity index (χ1v) is 11.0. The van der Waals surface area contributed by atoms with Crippen LogP contribution in [0.1, 0.15) is 50.5 Å². The van der Waals surface area contributed by atoms with Gasteiger partial charge >= 0.3 is 0 Å². The molecule has 0 aromatic heterocycles. The van der Waals surface area contributed by atoms with Crippen LogP contribution in [0.4, 0.5) is 0 Å². The lowest BCUT2D eigenvalue weighted by atomic mass is 9.95. The summed E-state index contributed by atoms with van der Waals surface area (Å²) in [5.41, 5.74) is 7.83. The number of fused-ring (bicyclic) bond motifs is 1. The Hall–Kier alpha value is -1.39. The van der Waals surface area contributed by atoms with Crippen molar-refractivity contribution in [3.8, 4) is 0 Å². The van der Waals surface area contributed by atoms with E-state index in [1.54, 1.807) is 0 Å². The van der Waals surface area contributed by atoms with Gasteiger partial charge in [-0.2, -0.15) is 0 Å². The lowest BCUT2D eigenvalue weighted by Gasteiger charge is -2.33. The third-order valence-electron chi connectivity index (χ3n) is 7.22. The molecular weight excluding hydrogens is 334 g/mol. The van der Waals surface area contributed by atoms with Crippen molar-refractivity contribution in [3.05, 3.63) is 35.9 Å². The van der Waals surface area contributed by atoms with Gasteiger partial charge in [0.1, 0.15) is 0 Å². The molecule has 0 spiro atoms. The van der Waals surface area contributed by atoms with E-state index in [9.17, 15) is 4.79 Å². The van der Waals surface area contributed by atoms with Crippen LogP contribution in [0.15, 0.2) is 30.3 Å². The molecule has 27 heavy (non-hydrogen) atoms. The number of hydrogen-bond donors (Lipinski definition) is 1. The fourth-order valence-electron chi connectivity index (χ4n) is 5.55.